The van der Waals surface area contributed by atoms with Crippen LogP contribution in [0.4, 0.5) is 0 Å². The molecule has 0 radical (unpaired) electrons. The summed E-state index contributed by atoms with van der Waals surface area (Å²) in [7, 11) is 0. The number of nitrogens with two attached hydrogens (primary N) is 1. The van der Waals surface area contributed by atoms with Crippen LogP contribution in [-0.2, 0) is 4.79 Å². The molecule has 1 rings (SSSR count). The summed E-state index contributed by atoms with van der Waals surface area (Å²) < 4.78 is 0. The zero-order valence-electron chi connectivity index (χ0n) is 6.99. The molecule has 0 aromatic carbocycles. The first kappa shape index (κ1) is 15.0. The Morgan fingerprint density at radius 3 is 2.00 bits per heavy atom. The van der Waals surface area contributed by atoms with E-state index in [-0.39, 0.29) is 75.4 Å². The van der Waals surface area contributed by atoms with E-state index in [9.17, 15) is 0 Å². The molecule has 3 N–H and O–H groups in total. The first-order valence-electron chi connectivity index (χ1n) is 3.46. The number of hydrogen-bond donors (Lipinski definition) is 2. The standard InChI is InChI=1S/C6H12N.CH2O2.Cs/c7-6-4-2-1-3-5-6;2-1-3;/h1,6H,2-5,7H2;1H,(H,2,3);/q-1;;+1. The van der Waals surface area contributed by atoms with Gasteiger partial charge in [0.05, 0.1) is 0 Å². The second-order valence-corrected chi connectivity index (χ2v) is 2.31. The van der Waals surface area contributed by atoms with Gasteiger partial charge in [0.25, 0.3) is 6.47 Å². The molecular formula is C7H14CsNO2. The Morgan fingerprint density at radius 2 is 1.82 bits per heavy atom. The SMILES string of the molecule is NC1CC[CH-]CC1.O=CO.[Cs+]. The van der Waals surface area contributed by atoms with Crippen molar-refractivity contribution < 1.29 is 78.8 Å². The number of rotatable bonds is 0. The normalized spacial score (nSPS) is 17.2. The van der Waals surface area contributed by atoms with Crippen LogP contribution in [0.5, 0.6) is 0 Å². The molecule has 0 amide bonds. The average Bonchev–Trinajstić information content (AvgIpc) is 1.91. The van der Waals surface area contributed by atoms with E-state index in [2.05, 4.69) is 6.42 Å². The second-order valence-electron chi connectivity index (χ2n) is 2.31. The minimum atomic E-state index is -0.250. The fourth-order valence-electron chi connectivity index (χ4n) is 0.953. The van der Waals surface area contributed by atoms with Gasteiger partial charge in [0.15, 0.2) is 0 Å². The van der Waals surface area contributed by atoms with Gasteiger partial charge >= 0.3 is 68.9 Å². The van der Waals surface area contributed by atoms with Gasteiger partial charge in [-0.25, -0.2) is 0 Å². The Labute approximate surface area is 127 Å². The van der Waals surface area contributed by atoms with E-state index in [1.54, 1.807) is 0 Å². The molecule has 0 spiro atoms. The van der Waals surface area contributed by atoms with Gasteiger partial charge in [0.1, 0.15) is 0 Å². The van der Waals surface area contributed by atoms with E-state index in [0.29, 0.717) is 6.04 Å². The summed E-state index contributed by atoms with van der Waals surface area (Å²) in [6.45, 7) is -0.250. The third-order valence-electron chi connectivity index (χ3n) is 1.48. The van der Waals surface area contributed by atoms with Gasteiger partial charge in [0, 0.05) is 0 Å². The Kier molecular flexibility index (Phi) is 15.6. The summed E-state index contributed by atoms with van der Waals surface area (Å²) in [6.07, 6.45) is 7.21. The van der Waals surface area contributed by atoms with Gasteiger partial charge in [-0.15, -0.1) is 0 Å². The van der Waals surface area contributed by atoms with Crippen LogP contribution in [0.3, 0.4) is 0 Å². The van der Waals surface area contributed by atoms with Gasteiger partial charge in [0.2, 0.25) is 0 Å². The van der Waals surface area contributed by atoms with Crippen LogP contribution in [0.15, 0.2) is 0 Å². The predicted octanol–water partition coefficient (Wildman–Crippen LogP) is -2.20. The van der Waals surface area contributed by atoms with E-state index in [0.717, 1.165) is 0 Å². The molecule has 0 aliphatic heterocycles. The van der Waals surface area contributed by atoms with Crippen LogP contribution < -0.4 is 74.6 Å². The van der Waals surface area contributed by atoms with Gasteiger partial charge in [-0.1, -0.05) is 12.8 Å². The van der Waals surface area contributed by atoms with Crippen molar-refractivity contribution in [2.24, 2.45) is 5.73 Å². The Hall–Kier alpha value is 1.48. The molecular weight excluding hydrogens is 263 g/mol. The minimum Gasteiger partial charge on any atom is -0.483 e. The van der Waals surface area contributed by atoms with E-state index in [1.165, 1.54) is 25.7 Å². The van der Waals surface area contributed by atoms with Crippen molar-refractivity contribution in [3.63, 3.8) is 0 Å². The van der Waals surface area contributed by atoms with Crippen LogP contribution in [-0.4, -0.2) is 17.6 Å². The molecule has 60 valence electrons. The van der Waals surface area contributed by atoms with Crippen LogP contribution in [0.1, 0.15) is 25.7 Å². The molecule has 0 heterocycles. The first-order chi connectivity index (χ1) is 4.81. The summed E-state index contributed by atoms with van der Waals surface area (Å²) in [6, 6.07) is 0.505. The third kappa shape index (κ3) is 11.5. The zero-order valence-corrected chi connectivity index (χ0v) is 13.3. The fraction of sp³-hybridized carbons (Fsp3) is 0.714. The maximum Gasteiger partial charge on any atom is 1.00 e. The molecule has 1 aliphatic carbocycles. The molecule has 1 saturated carbocycles. The van der Waals surface area contributed by atoms with Crippen molar-refractivity contribution in [3.8, 4) is 0 Å². The summed E-state index contributed by atoms with van der Waals surface area (Å²) in [5.41, 5.74) is 5.61. The summed E-state index contributed by atoms with van der Waals surface area (Å²) in [5.74, 6) is 0. The first-order valence-corrected chi connectivity index (χ1v) is 3.46. The largest absolute Gasteiger partial charge is 1.00 e. The molecule has 1 aliphatic rings. The number of carboxylic acid groups (broad SMARTS) is 1. The van der Waals surface area contributed by atoms with Crippen molar-refractivity contribution in [2.45, 2.75) is 31.7 Å². The van der Waals surface area contributed by atoms with E-state index < -0.39 is 0 Å². The zero-order chi connectivity index (χ0) is 7.82. The quantitative estimate of drug-likeness (QED) is 0.390. The maximum atomic E-state index is 8.36. The van der Waals surface area contributed by atoms with Crippen molar-refractivity contribution in [2.75, 3.05) is 0 Å². The van der Waals surface area contributed by atoms with Crippen molar-refractivity contribution in [1.82, 2.24) is 0 Å². The molecule has 0 aromatic rings. The maximum absolute atomic E-state index is 8.36. The van der Waals surface area contributed by atoms with Gasteiger partial charge in [-0.3, -0.25) is 4.79 Å². The molecule has 3 nitrogen and oxygen atoms in total. The topological polar surface area (TPSA) is 63.3 Å². The molecule has 0 saturated heterocycles. The molecule has 0 bridgehead atoms. The third-order valence-corrected chi connectivity index (χ3v) is 1.48. The van der Waals surface area contributed by atoms with Crippen molar-refractivity contribution >= 4 is 6.47 Å². The molecule has 1 fully saturated rings. The van der Waals surface area contributed by atoms with Crippen molar-refractivity contribution in [1.29, 1.82) is 0 Å². The monoisotopic (exact) mass is 277 g/mol. The summed E-state index contributed by atoms with van der Waals surface area (Å²) in [5, 5.41) is 6.89. The van der Waals surface area contributed by atoms with E-state index in [4.69, 9.17) is 15.6 Å². The summed E-state index contributed by atoms with van der Waals surface area (Å²) in [4.78, 5) is 8.36. The minimum absolute atomic E-state index is 0. The van der Waals surface area contributed by atoms with Gasteiger partial charge < -0.3 is 17.3 Å². The molecule has 11 heavy (non-hydrogen) atoms. The molecule has 0 unspecified atom stereocenters. The Balaban J connectivity index is 0. The van der Waals surface area contributed by atoms with Gasteiger partial charge in [-0.2, -0.15) is 12.8 Å². The van der Waals surface area contributed by atoms with Crippen LogP contribution in [0.25, 0.3) is 0 Å². The molecule has 0 aromatic heterocycles. The van der Waals surface area contributed by atoms with Crippen LogP contribution in [0, 0.1) is 6.42 Å². The Morgan fingerprint density at radius 1 is 1.45 bits per heavy atom. The average molecular weight is 277 g/mol. The van der Waals surface area contributed by atoms with Crippen LogP contribution in [0.2, 0.25) is 0 Å². The number of carbonyl (C=O) groups is 1. The number of hydrogen-bond acceptors (Lipinski definition) is 2. The Bertz CT molecular complexity index is 84.5. The predicted molar refractivity (Wildman–Crippen MR) is 39.4 cm³/mol. The fourth-order valence-corrected chi connectivity index (χ4v) is 0.953. The molecule has 4 heteroatoms. The summed E-state index contributed by atoms with van der Waals surface area (Å²) >= 11 is 0. The smallest absolute Gasteiger partial charge is 0.483 e. The van der Waals surface area contributed by atoms with Gasteiger partial charge in [-0.05, 0) is 6.04 Å². The second kappa shape index (κ2) is 11.5. The molecule has 0 atom stereocenters. The van der Waals surface area contributed by atoms with Crippen LogP contribution >= 0.6 is 0 Å². The van der Waals surface area contributed by atoms with E-state index in [1.807, 2.05) is 0 Å². The van der Waals surface area contributed by atoms with Crippen molar-refractivity contribution in [3.05, 3.63) is 6.42 Å². The van der Waals surface area contributed by atoms with E-state index >= 15 is 0 Å².